The van der Waals surface area contributed by atoms with Crippen LogP contribution in [0.1, 0.15) is 26.7 Å². The van der Waals surface area contributed by atoms with Gasteiger partial charge in [0.1, 0.15) is 0 Å². The molecule has 2 aromatic rings. The van der Waals surface area contributed by atoms with Crippen molar-refractivity contribution in [3.63, 3.8) is 0 Å². The summed E-state index contributed by atoms with van der Waals surface area (Å²) < 4.78 is 0. The summed E-state index contributed by atoms with van der Waals surface area (Å²) in [6, 6.07) is 10.1. The third kappa shape index (κ3) is 3.79. The second kappa shape index (κ2) is 6.15. The molecule has 2 N–H and O–H groups in total. The molecule has 0 fully saturated rings. The summed E-state index contributed by atoms with van der Waals surface area (Å²) in [5.74, 6) is 0.581. The number of aromatic nitrogens is 4. The quantitative estimate of drug-likeness (QED) is 0.842. The van der Waals surface area contributed by atoms with Crippen LogP contribution in [0, 0.1) is 16.7 Å². The molecule has 0 saturated carbocycles. The van der Waals surface area contributed by atoms with E-state index in [9.17, 15) is 0 Å². The molecule has 0 bridgehead atoms. The Bertz CT molecular complexity index is 582. The Labute approximate surface area is 118 Å². The van der Waals surface area contributed by atoms with Crippen LogP contribution in [0.2, 0.25) is 0 Å². The van der Waals surface area contributed by atoms with E-state index < -0.39 is 0 Å². The highest BCUT2D eigenvalue weighted by Gasteiger charge is 2.17. The van der Waals surface area contributed by atoms with E-state index in [0.717, 1.165) is 24.2 Å². The van der Waals surface area contributed by atoms with Crippen molar-refractivity contribution in [2.45, 2.75) is 26.7 Å². The van der Waals surface area contributed by atoms with E-state index in [1.807, 2.05) is 24.3 Å². The number of aromatic amines is 1. The standard InChI is InChI=1S/C14H18N6/c1-14(2,7-4-8-15)10-16-12-6-3-5-11(9-12)13-17-19-20-18-13/h3,5-6,9,16H,4,7,10H2,1-2H3,(H,17,18,19,20). The van der Waals surface area contributed by atoms with Gasteiger partial charge in [-0.15, -0.1) is 10.2 Å². The smallest absolute Gasteiger partial charge is 0.204 e. The molecule has 0 atom stereocenters. The van der Waals surface area contributed by atoms with E-state index in [1.54, 1.807) is 0 Å². The van der Waals surface area contributed by atoms with Gasteiger partial charge in [-0.2, -0.15) is 10.5 Å². The zero-order valence-electron chi connectivity index (χ0n) is 11.7. The highest BCUT2D eigenvalue weighted by molar-refractivity contribution is 5.61. The van der Waals surface area contributed by atoms with Crippen LogP contribution in [0.5, 0.6) is 0 Å². The summed E-state index contributed by atoms with van der Waals surface area (Å²) in [4.78, 5) is 0. The third-order valence-electron chi connectivity index (χ3n) is 3.15. The number of benzene rings is 1. The third-order valence-corrected chi connectivity index (χ3v) is 3.15. The van der Waals surface area contributed by atoms with Gasteiger partial charge in [0, 0.05) is 24.2 Å². The van der Waals surface area contributed by atoms with Crippen molar-refractivity contribution in [3.05, 3.63) is 24.3 Å². The van der Waals surface area contributed by atoms with Gasteiger partial charge in [-0.3, -0.25) is 0 Å². The summed E-state index contributed by atoms with van der Waals surface area (Å²) >= 11 is 0. The second-order valence-corrected chi connectivity index (χ2v) is 5.49. The number of rotatable bonds is 6. The highest BCUT2D eigenvalue weighted by atomic mass is 15.5. The number of nitriles is 1. The molecule has 0 aliphatic carbocycles. The monoisotopic (exact) mass is 270 g/mol. The van der Waals surface area contributed by atoms with E-state index in [4.69, 9.17) is 5.26 Å². The molecule has 1 aromatic heterocycles. The fraction of sp³-hybridized carbons (Fsp3) is 0.429. The van der Waals surface area contributed by atoms with Gasteiger partial charge in [-0.1, -0.05) is 26.0 Å². The van der Waals surface area contributed by atoms with E-state index in [0.29, 0.717) is 12.2 Å². The molecule has 1 aromatic carbocycles. The van der Waals surface area contributed by atoms with Crippen LogP contribution < -0.4 is 5.32 Å². The number of anilines is 1. The van der Waals surface area contributed by atoms with Gasteiger partial charge in [-0.05, 0) is 29.2 Å². The Morgan fingerprint density at radius 2 is 2.25 bits per heavy atom. The SMILES string of the molecule is CC(C)(CCC#N)CNc1cccc(-c2nn[nH]n2)c1. The largest absolute Gasteiger partial charge is 0.384 e. The molecule has 20 heavy (non-hydrogen) atoms. The maximum Gasteiger partial charge on any atom is 0.204 e. The number of tetrazole rings is 1. The topological polar surface area (TPSA) is 90.3 Å². The number of nitrogens with one attached hydrogen (secondary N) is 2. The summed E-state index contributed by atoms with van der Waals surface area (Å²) in [5, 5.41) is 26.0. The molecule has 2 rings (SSSR count). The van der Waals surface area contributed by atoms with Gasteiger partial charge in [0.2, 0.25) is 5.82 Å². The van der Waals surface area contributed by atoms with Crippen molar-refractivity contribution in [1.29, 1.82) is 5.26 Å². The fourth-order valence-electron chi connectivity index (χ4n) is 1.88. The van der Waals surface area contributed by atoms with E-state index >= 15 is 0 Å². The zero-order chi connectivity index (χ0) is 14.4. The van der Waals surface area contributed by atoms with Crippen LogP contribution in [-0.4, -0.2) is 27.2 Å². The predicted molar refractivity (Wildman–Crippen MR) is 76.7 cm³/mol. The van der Waals surface area contributed by atoms with Gasteiger partial charge < -0.3 is 5.32 Å². The van der Waals surface area contributed by atoms with Crippen LogP contribution in [0.3, 0.4) is 0 Å². The summed E-state index contributed by atoms with van der Waals surface area (Å²) in [5.41, 5.74) is 2.01. The maximum absolute atomic E-state index is 8.66. The summed E-state index contributed by atoms with van der Waals surface area (Å²) in [6.07, 6.45) is 1.46. The molecule has 0 aliphatic heterocycles. The molecule has 0 amide bonds. The average molecular weight is 270 g/mol. The molecule has 0 saturated heterocycles. The number of hydrogen-bond acceptors (Lipinski definition) is 5. The molecule has 0 aliphatic rings. The Morgan fingerprint density at radius 1 is 1.40 bits per heavy atom. The van der Waals surface area contributed by atoms with Crippen molar-refractivity contribution in [2.75, 3.05) is 11.9 Å². The normalized spacial score (nSPS) is 11.1. The number of nitrogens with zero attached hydrogens (tertiary/aromatic N) is 4. The molecule has 0 unspecified atom stereocenters. The molecular formula is C14H18N6. The van der Waals surface area contributed by atoms with Crippen molar-refractivity contribution in [1.82, 2.24) is 20.6 Å². The second-order valence-electron chi connectivity index (χ2n) is 5.49. The van der Waals surface area contributed by atoms with Gasteiger partial charge in [0.25, 0.3) is 0 Å². The van der Waals surface area contributed by atoms with Crippen LogP contribution in [0.15, 0.2) is 24.3 Å². The Balaban J connectivity index is 2.00. The first-order valence-corrected chi connectivity index (χ1v) is 6.55. The lowest BCUT2D eigenvalue weighted by Crippen LogP contribution is -2.22. The van der Waals surface area contributed by atoms with Gasteiger partial charge in [0.15, 0.2) is 0 Å². The molecule has 0 spiro atoms. The first kappa shape index (κ1) is 14.0. The minimum Gasteiger partial charge on any atom is -0.384 e. The van der Waals surface area contributed by atoms with Crippen LogP contribution in [-0.2, 0) is 0 Å². The van der Waals surface area contributed by atoms with E-state index in [-0.39, 0.29) is 5.41 Å². The summed E-state index contributed by atoms with van der Waals surface area (Å²) in [7, 11) is 0. The van der Waals surface area contributed by atoms with Gasteiger partial charge in [-0.25, -0.2) is 0 Å². The van der Waals surface area contributed by atoms with E-state index in [1.165, 1.54) is 0 Å². The van der Waals surface area contributed by atoms with Crippen molar-refractivity contribution in [3.8, 4) is 17.5 Å². The molecule has 6 nitrogen and oxygen atoms in total. The van der Waals surface area contributed by atoms with Crippen molar-refractivity contribution >= 4 is 5.69 Å². The molecule has 104 valence electrons. The van der Waals surface area contributed by atoms with Crippen molar-refractivity contribution in [2.24, 2.45) is 5.41 Å². The highest BCUT2D eigenvalue weighted by Crippen LogP contribution is 2.24. The Hall–Kier alpha value is -2.42. The molecule has 0 radical (unpaired) electrons. The lowest BCUT2D eigenvalue weighted by Gasteiger charge is -2.24. The van der Waals surface area contributed by atoms with Gasteiger partial charge >= 0.3 is 0 Å². The lowest BCUT2D eigenvalue weighted by atomic mass is 9.88. The van der Waals surface area contributed by atoms with Crippen molar-refractivity contribution < 1.29 is 0 Å². The minimum atomic E-state index is 0.0812. The first-order valence-electron chi connectivity index (χ1n) is 6.55. The zero-order valence-corrected chi connectivity index (χ0v) is 11.7. The lowest BCUT2D eigenvalue weighted by molar-refractivity contribution is 0.364. The maximum atomic E-state index is 8.66. The predicted octanol–water partition coefficient (Wildman–Crippen LogP) is 2.61. The van der Waals surface area contributed by atoms with E-state index in [2.05, 4.69) is 45.9 Å². The number of hydrogen-bond donors (Lipinski definition) is 2. The van der Waals surface area contributed by atoms with Crippen LogP contribution in [0.25, 0.3) is 11.4 Å². The number of H-pyrrole nitrogens is 1. The minimum absolute atomic E-state index is 0.0812. The fourth-order valence-corrected chi connectivity index (χ4v) is 1.88. The Kier molecular flexibility index (Phi) is 4.31. The summed E-state index contributed by atoms with van der Waals surface area (Å²) in [6.45, 7) is 5.12. The van der Waals surface area contributed by atoms with Crippen LogP contribution >= 0.6 is 0 Å². The first-order chi connectivity index (χ1) is 9.61. The Morgan fingerprint density at radius 3 is 2.95 bits per heavy atom. The molecular weight excluding hydrogens is 252 g/mol. The van der Waals surface area contributed by atoms with Crippen LogP contribution in [0.4, 0.5) is 5.69 Å². The van der Waals surface area contributed by atoms with Gasteiger partial charge in [0.05, 0.1) is 6.07 Å². The average Bonchev–Trinajstić information content (AvgIpc) is 2.98. The molecule has 1 heterocycles. The molecule has 6 heteroatoms.